The molecule has 0 bridgehead atoms. The topological polar surface area (TPSA) is 91.0 Å². The van der Waals surface area contributed by atoms with E-state index in [4.69, 9.17) is 14.7 Å². The quantitative estimate of drug-likeness (QED) is 0.473. The predicted octanol–water partition coefficient (Wildman–Crippen LogP) is 3.18. The first-order valence-corrected chi connectivity index (χ1v) is 9.98. The second-order valence-corrected chi connectivity index (χ2v) is 7.20. The number of methoxy groups -OCH3 is 1. The van der Waals surface area contributed by atoms with Crippen LogP contribution in [0.4, 0.5) is 17.3 Å². The molecular weight excluding hydrogens is 378 g/mol. The summed E-state index contributed by atoms with van der Waals surface area (Å²) < 4.78 is 5.38. The molecular formula is C22H23N7O. The molecule has 0 radical (unpaired) electrons. The number of nitrogens with one attached hydrogen (secondary N) is 3. The predicted molar refractivity (Wildman–Crippen MR) is 118 cm³/mol. The number of rotatable bonds is 5. The van der Waals surface area contributed by atoms with Gasteiger partial charge in [-0.2, -0.15) is 5.10 Å². The highest BCUT2D eigenvalue weighted by Crippen LogP contribution is 2.27. The number of H-pyrrole nitrogens is 1. The van der Waals surface area contributed by atoms with Crippen LogP contribution in [0.15, 0.2) is 54.7 Å². The van der Waals surface area contributed by atoms with E-state index in [1.165, 1.54) is 0 Å². The zero-order valence-electron chi connectivity index (χ0n) is 16.7. The van der Waals surface area contributed by atoms with Gasteiger partial charge in [-0.3, -0.25) is 5.10 Å². The standard InChI is InChI=1S/C22H23N7O/c1-30-18-4-2-3-15(12-18)22-26-20(13-21(27-22)29-9-7-23-8-10-29)25-17-5-6-19-16(11-17)14-24-28-19/h2-6,11-14,23H,7-10H2,1H3,(H,24,28)(H,25,26,27). The first kappa shape index (κ1) is 18.4. The summed E-state index contributed by atoms with van der Waals surface area (Å²) in [4.78, 5) is 11.9. The number of aromatic amines is 1. The zero-order valence-corrected chi connectivity index (χ0v) is 16.7. The third-order valence-corrected chi connectivity index (χ3v) is 5.19. The molecule has 5 rings (SSSR count). The van der Waals surface area contributed by atoms with E-state index in [2.05, 4.69) is 31.8 Å². The fraction of sp³-hybridized carbons (Fsp3) is 0.227. The van der Waals surface area contributed by atoms with Crippen molar-refractivity contribution in [3.8, 4) is 17.1 Å². The molecule has 4 aromatic rings. The van der Waals surface area contributed by atoms with Gasteiger partial charge in [0.15, 0.2) is 5.82 Å². The summed E-state index contributed by atoms with van der Waals surface area (Å²) in [5.41, 5.74) is 2.87. The third kappa shape index (κ3) is 3.77. The summed E-state index contributed by atoms with van der Waals surface area (Å²) in [5.74, 6) is 3.11. The maximum absolute atomic E-state index is 5.38. The minimum Gasteiger partial charge on any atom is -0.497 e. The van der Waals surface area contributed by atoms with Gasteiger partial charge in [0.2, 0.25) is 0 Å². The Morgan fingerprint density at radius 3 is 2.80 bits per heavy atom. The summed E-state index contributed by atoms with van der Waals surface area (Å²) >= 11 is 0. The summed E-state index contributed by atoms with van der Waals surface area (Å²) in [6.45, 7) is 3.71. The van der Waals surface area contributed by atoms with Gasteiger partial charge in [-0.15, -0.1) is 0 Å². The van der Waals surface area contributed by atoms with Gasteiger partial charge < -0.3 is 20.3 Å². The van der Waals surface area contributed by atoms with Crippen LogP contribution in [0.3, 0.4) is 0 Å². The van der Waals surface area contributed by atoms with Crippen LogP contribution in [0.2, 0.25) is 0 Å². The monoisotopic (exact) mass is 401 g/mol. The molecule has 0 aliphatic carbocycles. The molecule has 0 spiro atoms. The van der Waals surface area contributed by atoms with Gasteiger partial charge in [0.25, 0.3) is 0 Å². The highest BCUT2D eigenvalue weighted by Gasteiger charge is 2.16. The number of benzene rings is 2. The van der Waals surface area contributed by atoms with Crippen LogP contribution in [-0.4, -0.2) is 53.5 Å². The van der Waals surface area contributed by atoms with Gasteiger partial charge in [-0.05, 0) is 30.3 Å². The second kappa shape index (κ2) is 8.00. The van der Waals surface area contributed by atoms with E-state index in [-0.39, 0.29) is 0 Å². The minimum atomic E-state index is 0.664. The lowest BCUT2D eigenvalue weighted by Gasteiger charge is -2.29. The summed E-state index contributed by atoms with van der Waals surface area (Å²) in [6, 6.07) is 15.9. The van der Waals surface area contributed by atoms with Crippen LogP contribution < -0.4 is 20.3 Å². The molecule has 30 heavy (non-hydrogen) atoms. The lowest BCUT2D eigenvalue weighted by molar-refractivity contribution is 0.415. The lowest BCUT2D eigenvalue weighted by atomic mass is 10.2. The number of fused-ring (bicyclic) bond motifs is 1. The van der Waals surface area contributed by atoms with Gasteiger partial charge in [0.1, 0.15) is 17.4 Å². The van der Waals surface area contributed by atoms with Crippen molar-refractivity contribution in [1.29, 1.82) is 0 Å². The first-order chi connectivity index (χ1) is 14.8. The van der Waals surface area contributed by atoms with Crippen molar-refractivity contribution in [2.45, 2.75) is 0 Å². The van der Waals surface area contributed by atoms with Crippen LogP contribution in [0.25, 0.3) is 22.3 Å². The molecule has 3 N–H and O–H groups in total. The van der Waals surface area contributed by atoms with Crippen LogP contribution in [-0.2, 0) is 0 Å². The molecule has 152 valence electrons. The molecule has 1 saturated heterocycles. The smallest absolute Gasteiger partial charge is 0.164 e. The molecule has 8 heteroatoms. The molecule has 2 aromatic heterocycles. The molecule has 0 atom stereocenters. The van der Waals surface area contributed by atoms with E-state index in [0.29, 0.717) is 5.82 Å². The average molecular weight is 401 g/mol. The number of nitrogens with zero attached hydrogens (tertiary/aromatic N) is 4. The molecule has 0 amide bonds. The van der Waals surface area contributed by atoms with Crippen molar-refractivity contribution in [2.75, 3.05) is 43.5 Å². The van der Waals surface area contributed by atoms with Gasteiger partial charge in [0.05, 0.1) is 18.8 Å². The largest absolute Gasteiger partial charge is 0.497 e. The average Bonchev–Trinajstić information content (AvgIpc) is 3.27. The maximum atomic E-state index is 5.38. The number of anilines is 3. The van der Waals surface area contributed by atoms with Crippen molar-refractivity contribution < 1.29 is 4.74 Å². The molecule has 0 unspecified atom stereocenters. The molecule has 1 aliphatic rings. The highest BCUT2D eigenvalue weighted by atomic mass is 16.5. The zero-order chi connectivity index (χ0) is 20.3. The first-order valence-electron chi connectivity index (χ1n) is 9.98. The third-order valence-electron chi connectivity index (χ3n) is 5.19. The molecule has 1 fully saturated rings. The number of aromatic nitrogens is 4. The molecule has 0 saturated carbocycles. The highest BCUT2D eigenvalue weighted by molar-refractivity contribution is 5.83. The van der Waals surface area contributed by atoms with E-state index in [9.17, 15) is 0 Å². The number of piperazine rings is 1. The Labute approximate surface area is 174 Å². The summed E-state index contributed by atoms with van der Waals surface area (Å²) in [7, 11) is 1.66. The Balaban J connectivity index is 1.54. The molecule has 2 aromatic carbocycles. The Morgan fingerprint density at radius 2 is 1.93 bits per heavy atom. The van der Waals surface area contributed by atoms with Crippen LogP contribution in [0.1, 0.15) is 0 Å². The van der Waals surface area contributed by atoms with Crippen LogP contribution >= 0.6 is 0 Å². The number of hydrogen-bond donors (Lipinski definition) is 3. The summed E-state index contributed by atoms with van der Waals surface area (Å²) in [5, 5.41) is 14.9. The number of ether oxygens (including phenoxy) is 1. The minimum absolute atomic E-state index is 0.664. The molecule has 1 aliphatic heterocycles. The Morgan fingerprint density at radius 1 is 1.03 bits per heavy atom. The van der Waals surface area contributed by atoms with E-state index < -0.39 is 0 Å². The lowest BCUT2D eigenvalue weighted by Crippen LogP contribution is -2.44. The summed E-state index contributed by atoms with van der Waals surface area (Å²) in [6.07, 6.45) is 1.81. The van der Waals surface area contributed by atoms with E-state index >= 15 is 0 Å². The SMILES string of the molecule is COc1cccc(-c2nc(Nc3ccc4[nH]ncc4c3)cc(N3CCNCC3)n2)c1. The van der Waals surface area contributed by atoms with Gasteiger partial charge >= 0.3 is 0 Å². The fourth-order valence-corrected chi connectivity index (χ4v) is 3.61. The normalized spacial score (nSPS) is 14.1. The fourth-order valence-electron chi connectivity index (χ4n) is 3.61. The Kier molecular flexibility index (Phi) is 4.90. The van der Waals surface area contributed by atoms with Crippen LogP contribution in [0.5, 0.6) is 5.75 Å². The van der Waals surface area contributed by atoms with Gasteiger partial charge in [0, 0.05) is 48.9 Å². The van der Waals surface area contributed by atoms with Crippen molar-refractivity contribution in [1.82, 2.24) is 25.5 Å². The second-order valence-electron chi connectivity index (χ2n) is 7.20. The van der Waals surface area contributed by atoms with Gasteiger partial charge in [-0.25, -0.2) is 9.97 Å². The Bertz CT molecular complexity index is 1170. The maximum Gasteiger partial charge on any atom is 0.164 e. The van der Waals surface area contributed by atoms with Crippen molar-refractivity contribution >= 4 is 28.2 Å². The van der Waals surface area contributed by atoms with E-state index in [1.807, 2.05) is 48.7 Å². The van der Waals surface area contributed by atoms with E-state index in [1.54, 1.807) is 7.11 Å². The van der Waals surface area contributed by atoms with Crippen molar-refractivity contribution in [2.24, 2.45) is 0 Å². The van der Waals surface area contributed by atoms with E-state index in [0.717, 1.165) is 65.7 Å². The van der Waals surface area contributed by atoms with Crippen molar-refractivity contribution in [3.63, 3.8) is 0 Å². The molecule has 3 heterocycles. The van der Waals surface area contributed by atoms with Crippen molar-refractivity contribution in [3.05, 3.63) is 54.7 Å². The van der Waals surface area contributed by atoms with Gasteiger partial charge in [-0.1, -0.05) is 12.1 Å². The van der Waals surface area contributed by atoms with Crippen LogP contribution in [0, 0.1) is 0 Å². The Hall–Kier alpha value is -3.65. The molecule has 8 nitrogen and oxygen atoms in total. The number of hydrogen-bond acceptors (Lipinski definition) is 7.